The van der Waals surface area contributed by atoms with Gasteiger partial charge >= 0.3 is 0 Å². The van der Waals surface area contributed by atoms with Crippen molar-refractivity contribution in [1.29, 1.82) is 0 Å². The van der Waals surface area contributed by atoms with Crippen molar-refractivity contribution in [3.8, 4) is 11.3 Å². The molecule has 0 bridgehead atoms. The van der Waals surface area contributed by atoms with Gasteiger partial charge in [0.25, 0.3) is 0 Å². The van der Waals surface area contributed by atoms with Gasteiger partial charge in [-0.3, -0.25) is 19.2 Å². The lowest BCUT2D eigenvalue weighted by Gasteiger charge is -2.24. The Kier molecular flexibility index (Phi) is 8.99. The number of amides is 3. The highest BCUT2D eigenvalue weighted by Crippen LogP contribution is 2.39. The highest BCUT2D eigenvalue weighted by atomic mass is 16.2. The van der Waals surface area contributed by atoms with Crippen LogP contribution in [0.25, 0.3) is 22.2 Å². The number of H-pyrrole nitrogens is 1. The number of fused-ring (bicyclic) bond motifs is 5. The molecule has 2 atom stereocenters. The largest absolute Gasteiger partial charge is 0.354 e. The third-order valence-electron chi connectivity index (χ3n) is 10.9. The van der Waals surface area contributed by atoms with E-state index in [-0.39, 0.29) is 29.5 Å². The summed E-state index contributed by atoms with van der Waals surface area (Å²) in [4.78, 5) is 60.4. The lowest BCUT2D eigenvalue weighted by molar-refractivity contribution is -0.136. The van der Waals surface area contributed by atoms with Crippen molar-refractivity contribution in [2.24, 2.45) is 0 Å². The van der Waals surface area contributed by atoms with Crippen LogP contribution in [-0.2, 0) is 51.3 Å². The van der Waals surface area contributed by atoms with Gasteiger partial charge in [0.05, 0.1) is 18.9 Å². The smallest absolute Gasteiger partial charge is 0.247 e. The molecule has 4 aromatic carbocycles. The topological polar surface area (TPSA) is 103 Å². The van der Waals surface area contributed by atoms with Gasteiger partial charge in [-0.2, -0.15) is 0 Å². The minimum Gasteiger partial charge on any atom is -0.354 e. The summed E-state index contributed by atoms with van der Waals surface area (Å²) in [5, 5.41) is 4.23. The van der Waals surface area contributed by atoms with E-state index in [2.05, 4.69) is 34.6 Å². The summed E-state index contributed by atoms with van der Waals surface area (Å²) in [5.41, 5.74) is 9.24. The van der Waals surface area contributed by atoms with Crippen LogP contribution < -0.4 is 5.32 Å². The first kappa shape index (κ1) is 32.7. The van der Waals surface area contributed by atoms with Crippen molar-refractivity contribution in [2.45, 2.75) is 69.9 Å². The summed E-state index contributed by atoms with van der Waals surface area (Å²) in [5.74, 6) is -0.0427. The number of ketones is 1. The summed E-state index contributed by atoms with van der Waals surface area (Å²) < 4.78 is 0. The molecule has 8 heteroatoms. The highest BCUT2D eigenvalue weighted by Gasteiger charge is 2.35. The number of hydrogen-bond donors (Lipinski definition) is 2. The zero-order valence-corrected chi connectivity index (χ0v) is 28.7. The molecule has 2 N–H and O–H groups in total. The first-order chi connectivity index (χ1) is 24.9. The van der Waals surface area contributed by atoms with E-state index in [1.807, 2.05) is 72.8 Å². The van der Waals surface area contributed by atoms with Gasteiger partial charge in [-0.05, 0) is 90.6 Å². The Hall–Kier alpha value is -5.50. The fourth-order valence-electron chi connectivity index (χ4n) is 8.30. The maximum Gasteiger partial charge on any atom is 0.247 e. The first-order valence-corrected chi connectivity index (χ1v) is 18.2. The van der Waals surface area contributed by atoms with Crippen molar-refractivity contribution < 1.29 is 19.2 Å². The van der Waals surface area contributed by atoms with Gasteiger partial charge in [-0.25, -0.2) is 0 Å². The van der Waals surface area contributed by atoms with Crippen LogP contribution in [0.5, 0.6) is 0 Å². The Balaban J connectivity index is 0.941. The van der Waals surface area contributed by atoms with Gasteiger partial charge in [0.1, 0.15) is 6.04 Å². The lowest BCUT2D eigenvalue weighted by atomic mass is 9.88. The predicted molar refractivity (Wildman–Crippen MR) is 198 cm³/mol. The van der Waals surface area contributed by atoms with Crippen LogP contribution in [-0.4, -0.2) is 63.5 Å². The average Bonchev–Trinajstić information content (AvgIpc) is 3.92. The minimum absolute atomic E-state index is 0.0161. The average molecular weight is 679 g/mol. The SMILES string of the molecule is O=C(Cc1ccc2[nH]c3c(c2c1)CCc1cc(NC(=O)[C@@H]2CCCN2C(=O)Cc2ccccc2)ccc1-3)[C@@H]1CCCN1C(=O)Cc1ccccc1. The molecule has 8 rings (SSSR count). The van der Waals surface area contributed by atoms with E-state index in [9.17, 15) is 19.2 Å². The Morgan fingerprint density at radius 3 is 2.00 bits per heavy atom. The summed E-state index contributed by atoms with van der Waals surface area (Å²) >= 11 is 0. The molecule has 1 aromatic heterocycles. The Bertz CT molecular complexity index is 2120. The molecule has 0 spiro atoms. The standard InChI is InChI=1S/C43H42N4O4/c48-39(37-13-7-21-46(37)40(49)25-28-9-3-1-4-10-28)24-30-15-20-36-35(23-30)34-18-16-31-27-32(17-19-33(31)42(34)45-36)44-43(51)38-14-8-22-47(38)41(50)26-29-11-5-2-6-12-29/h1-6,9-12,15,17,19-20,23,27,37-38,45H,7-8,13-14,16,18,21-22,24-26H2,(H,44,51)/t37-,38-/m0/s1. The molecule has 1 aliphatic carbocycles. The molecule has 8 nitrogen and oxygen atoms in total. The number of hydrogen-bond acceptors (Lipinski definition) is 4. The molecule has 0 saturated carbocycles. The van der Waals surface area contributed by atoms with E-state index < -0.39 is 6.04 Å². The third kappa shape index (κ3) is 6.70. The van der Waals surface area contributed by atoms with E-state index >= 15 is 0 Å². The predicted octanol–water partition coefficient (Wildman–Crippen LogP) is 6.45. The zero-order chi connectivity index (χ0) is 34.9. The molecule has 3 aliphatic rings. The van der Waals surface area contributed by atoms with Crippen molar-refractivity contribution in [3.05, 3.63) is 125 Å². The van der Waals surface area contributed by atoms with Crippen molar-refractivity contribution in [3.63, 3.8) is 0 Å². The number of rotatable bonds is 9. The summed E-state index contributed by atoms with van der Waals surface area (Å²) in [6.07, 6.45) is 5.61. The number of aryl methyl sites for hydroxylation is 2. The molecule has 0 radical (unpaired) electrons. The fraction of sp³-hybridized carbons (Fsp3) is 0.302. The van der Waals surface area contributed by atoms with Crippen LogP contribution in [0.3, 0.4) is 0 Å². The number of nitrogens with zero attached hydrogens (tertiary/aromatic N) is 2. The van der Waals surface area contributed by atoms with E-state index in [1.165, 1.54) is 5.56 Å². The normalized spacial score (nSPS) is 18.0. The third-order valence-corrected chi connectivity index (χ3v) is 10.9. The number of carbonyl (C=O) groups is 4. The van der Waals surface area contributed by atoms with Gasteiger partial charge in [-0.1, -0.05) is 72.8 Å². The number of benzene rings is 4. The van der Waals surface area contributed by atoms with Gasteiger partial charge in [0, 0.05) is 47.4 Å². The molecule has 2 saturated heterocycles. The highest BCUT2D eigenvalue weighted by molar-refractivity contribution is 5.99. The van der Waals surface area contributed by atoms with Crippen LogP contribution in [0.15, 0.2) is 97.1 Å². The molecule has 5 aromatic rings. The Morgan fingerprint density at radius 1 is 0.667 bits per heavy atom. The molecule has 2 aliphatic heterocycles. The van der Waals surface area contributed by atoms with Crippen LogP contribution >= 0.6 is 0 Å². The summed E-state index contributed by atoms with van der Waals surface area (Å²) in [6, 6.07) is 30.8. The number of anilines is 1. The minimum atomic E-state index is -0.467. The maximum atomic E-state index is 13.6. The van der Waals surface area contributed by atoms with Crippen LogP contribution in [0.4, 0.5) is 5.69 Å². The van der Waals surface area contributed by atoms with Crippen molar-refractivity contribution in [2.75, 3.05) is 18.4 Å². The molecule has 0 unspecified atom stereocenters. The van der Waals surface area contributed by atoms with E-state index in [0.717, 1.165) is 75.8 Å². The number of likely N-dealkylation sites (tertiary alicyclic amines) is 2. The Morgan fingerprint density at radius 2 is 1.31 bits per heavy atom. The summed E-state index contributed by atoms with van der Waals surface area (Å²) in [7, 11) is 0. The van der Waals surface area contributed by atoms with E-state index in [0.29, 0.717) is 45.2 Å². The van der Waals surface area contributed by atoms with Crippen LogP contribution in [0.1, 0.15) is 53.5 Å². The monoisotopic (exact) mass is 678 g/mol. The quantitative estimate of drug-likeness (QED) is 0.187. The second-order valence-electron chi connectivity index (χ2n) is 14.2. The number of aromatic nitrogens is 1. The molecule has 258 valence electrons. The number of aromatic amines is 1. The van der Waals surface area contributed by atoms with Crippen LogP contribution in [0, 0.1) is 0 Å². The van der Waals surface area contributed by atoms with E-state index in [1.54, 1.807) is 9.80 Å². The number of Topliss-reactive ketones (excluding diaryl/α,β-unsaturated/α-hetero) is 1. The molecule has 2 fully saturated rings. The molecule has 3 amide bonds. The number of nitrogens with one attached hydrogen (secondary N) is 2. The summed E-state index contributed by atoms with van der Waals surface area (Å²) in [6.45, 7) is 1.23. The van der Waals surface area contributed by atoms with Gasteiger partial charge in [0.2, 0.25) is 17.7 Å². The lowest BCUT2D eigenvalue weighted by Crippen LogP contribution is -2.43. The second kappa shape index (κ2) is 14.0. The second-order valence-corrected chi connectivity index (χ2v) is 14.2. The zero-order valence-electron chi connectivity index (χ0n) is 28.7. The van der Waals surface area contributed by atoms with E-state index in [4.69, 9.17) is 0 Å². The molecule has 3 heterocycles. The molecular weight excluding hydrogens is 636 g/mol. The fourth-order valence-corrected chi connectivity index (χ4v) is 8.30. The maximum absolute atomic E-state index is 13.6. The van der Waals surface area contributed by atoms with Gasteiger partial charge < -0.3 is 20.1 Å². The first-order valence-electron chi connectivity index (χ1n) is 18.2. The molecule has 51 heavy (non-hydrogen) atoms. The van der Waals surface area contributed by atoms with Crippen LogP contribution in [0.2, 0.25) is 0 Å². The van der Waals surface area contributed by atoms with Crippen molar-refractivity contribution >= 4 is 40.1 Å². The van der Waals surface area contributed by atoms with Gasteiger partial charge in [-0.15, -0.1) is 0 Å². The van der Waals surface area contributed by atoms with Gasteiger partial charge in [0.15, 0.2) is 5.78 Å². The Labute approximate surface area is 297 Å². The van der Waals surface area contributed by atoms with Crippen molar-refractivity contribution in [1.82, 2.24) is 14.8 Å². The number of carbonyl (C=O) groups excluding carboxylic acids is 4. The molecular formula is C43H42N4O4.